The molecule has 0 fully saturated rings. The molecule has 160 valence electrons. The van der Waals surface area contributed by atoms with Gasteiger partial charge in [-0.05, 0) is 18.7 Å². The van der Waals surface area contributed by atoms with Crippen molar-refractivity contribution in [2.24, 2.45) is 0 Å². The van der Waals surface area contributed by atoms with Crippen molar-refractivity contribution in [3.63, 3.8) is 0 Å². The lowest BCUT2D eigenvalue weighted by Crippen LogP contribution is -2.48. The van der Waals surface area contributed by atoms with E-state index < -0.39 is 36.1 Å². The third-order valence-electron chi connectivity index (χ3n) is 3.94. The zero-order valence-electron chi connectivity index (χ0n) is 14.6. The van der Waals surface area contributed by atoms with Gasteiger partial charge >= 0.3 is 12.4 Å². The summed E-state index contributed by atoms with van der Waals surface area (Å²) in [6.07, 6.45) is -6.87. The Labute approximate surface area is 169 Å². The molecular weight excluding hydrogens is 450 g/mol. The molecule has 2 aliphatic rings. The average molecular weight is 463 g/mol. The highest BCUT2D eigenvalue weighted by Crippen LogP contribution is 2.40. The van der Waals surface area contributed by atoms with Crippen LogP contribution < -0.4 is 0 Å². The fourth-order valence-electron chi connectivity index (χ4n) is 2.71. The number of hydrogen-bond acceptors (Lipinski definition) is 5. The molecule has 0 N–H and O–H groups in total. The number of likely N-dealkylation sites (N-methyl/N-ethyl adjacent to an activating group) is 1. The Bertz CT molecular complexity index is 866. The van der Waals surface area contributed by atoms with Gasteiger partial charge in [-0.2, -0.15) is 31.4 Å². The molecule has 0 radical (unpaired) electrons. The molecule has 1 aromatic rings. The van der Waals surface area contributed by atoms with Gasteiger partial charge in [-0.25, -0.2) is 4.68 Å². The maximum absolute atomic E-state index is 12.8. The number of fused-ring (bicyclic) bond motifs is 1. The third-order valence-corrected chi connectivity index (χ3v) is 5.39. The molecule has 0 aliphatic carbocycles. The summed E-state index contributed by atoms with van der Waals surface area (Å²) in [6, 6.07) is 0.671. The Morgan fingerprint density at radius 2 is 1.97 bits per heavy atom. The second-order valence-electron chi connectivity index (χ2n) is 5.97. The van der Waals surface area contributed by atoms with E-state index in [4.69, 9.17) is 16.3 Å². The van der Waals surface area contributed by atoms with Gasteiger partial charge in [-0.1, -0.05) is 11.6 Å². The molecule has 3 rings (SSSR count). The SMILES string of the molecule is CCN1C(Cn2nc(C(F)(F)F)cc2Cl)=CC(=O)N2C=C(OCC(F)(F)F)SC21. The number of halogens is 7. The summed E-state index contributed by atoms with van der Waals surface area (Å²) in [7, 11) is 0. The van der Waals surface area contributed by atoms with E-state index in [1.165, 1.54) is 17.2 Å². The summed E-state index contributed by atoms with van der Waals surface area (Å²) in [6.45, 7) is 0.315. The predicted octanol–water partition coefficient (Wildman–Crippen LogP) is 4.01. The molecular formula is C15H13ClF6N4O2S. The molecule has 0 aromatic carbocycles. The molecule has 1 amide bonds. The summed E-state index contributed by atoms with van der Waals surface area (Å²) < 4.78 is 81.1. The van der Waals surface area contributed by atoms with Crippen molar-refractivity contribution >= 4 is 29.3 Å². The number of carbonyl (C=O) groups excluding carboxylic acids is 1. The van der Waals surface area contributed by atoms with Gasteiger partial charge in [-0.15, -0.1) is 0 Å². The van der Waals surface area contributed by atoms with Gasteiger partial charge in [-0.3, -0.25) is 9.69 Å². The smallest absolute Gasteiger partial charge is 0.435 e. The number of aromatic nitrogens is 2. The van der Waals surface area contributed by atoms with E-state index in [-0.39, 0.29) is 16.8 Å². The number of amides is 1. The van der Waals surface area contributed by atoms with E-state index in [0.29, 0.717) is 18.3 Å². The first kappa shape index (κ1) is 21.7. The van der Waals surface area contributed by atoms with Crippen molar-refractivity contribution in [1.29, 1.82) is 0 Å². The lowest BCUT2D eigenvalue weighted by molar-refractivity contribution is -0.162. The van der Waals surface area contributed by atoms with Crippen LogP contribution in [0.3, 0.4) is 0 Å². The highest BCUT2D eigenvalue weighted by molar-refractivity contribution is 8.03. The minimum absolute atomic E-state index is 0.0924. The first-order chi connectivity index (χ1) is 13.4. The van der Waals surface area contributed by atoms with Gasteiger partial charge in [0, 0.05) is 24.4 Å². The van der Waals surface area contributed by atoms with Crippen LogP contribution in [-0.4, -0.2) is 50.3 Å². The third kappa shape index (κ3) is 4.77. The van der Waals surface area contributed by atoms with Crippen molar-refractivity contribution < 1.29 is 35.9 Å². The zero-order valence-corrected chi connectivity index (χ0v) is 16.2. The monoisotopic (exact) mass is 462 g/mol. The normalized spacial score (nSPS) is 20.0. The molecule has 0 bridgehead atoms. The van der Waals surface area contributed by atoms with E-state index in [1.807, 2.05) is 0 Å². The molecule has 3 heterocycles. The highest BCUT2D eigenvalue weighted by Gasteiger charge is 2.41. The van der Waals surface area contributed by atoms with Crippen molar-refractivity contribution in [1.82, 2.24) is 19.6 Å². The Morgan fingerprint density at radius 3 is 2.52 bits per heavy atom. The molecule has 6 nitrogen and oxygen atoms in total. The fourth-order valence-corrected chi connectivity index (χ4v) is 4.11. The van der Waals surface area contributed by atoms with Crippen molar-refractivity contribution in [3.8, 4) is 0 Å². The number of rotatable bonds is 5. The molecule has 14 heteroatoms. The molecule has 29 heavy (non-hydrogen) atoms. The Morgan fingerprint density at radius 1 is 1.28 bits per heavy atom. The summed E-state index contributed by atoms with van der Waals surface area (Å²) in [5, 5.41) is 3.06. The highest BCUT2D eigenvalue weighted by atomic mass is 35.5. The van der Waals surface area contributed by atoms with E-state index in [1.54, 1.807) is 11.8 Å². The van der Waals surface area contributed by atoms with Crippen LogP contribution >= 0.6 is 23.4 Å². The number of carbonyl (C=O) groups is 1. The Kier molecular flexibility index (Phi) is 5.73. The summed E-state index contributed by atoms with van der Waals surface area (Å²) >= 11 is 6.72. The number of allylic oxidation sites excluding steroid dienone is 1. The molecule has 1 atom stereocenters. The quantitative estimate of drug-likeness (QED) is 0.619. The van der Waals surface area contributed by atoms with Gasteiger partial charge in [0.25, 0.3) is 5.91 Å². The Hall–Kier alpha value is -2.02. The molecule has 0 saturated carbocycles. The molecule has 0 spiro atoms. The second kappa shape index (κ2) is 7.67. The number of thioether (sulfide) groups is 1. The van der Waals surface area contributed by atoms with Gasteiger partial charge in [0.05, 0.1) is 12.7 Å². The first-order valence-electron chi connectivity index (χ1n) is 8.07. The van der Waals surface area contributed by atoms with Crippen LogP contribution in [0, 0.1) is 0 Å². The number of alkyl halides is 6. The van der Waals surface area contributed by atoms with Crippen LogP contribution in [0.15, 0.2) is 29.1 Å². The molecule has 0 saturated heterocycles. The molecule has 1 unspecified atom stereocenters. The second-order valence-corrected chi connectivity index (χ2v) is 7.42. The maximum Gasteiger partial charge on any atom is 0.435 e. The minimum atomic E-state index is -4.68. The van der Waals surface area contributed by atoms with Crippen LogP contribution in [0.25, 0.3) is 0 Å². The van der Waals surface area contributed by atoms with Crippen LogP contribution in [0.5, 0.6) is 0 Å². The Balaban J connectivity index is 1.78. The van der Waals surface area contributed by atoms with E-state index in [0.717, 1.165) is 16.4 Å². The van der Waals surface area contributed by atoms with E-state index in [2.05, 4.69) is 5.10 Å². The number of ether oxygens (including phenoxy) is 1. The standard InChI is InChI=1S/C15H13ClF6N4O2S/c1-2-24-8(5-26-10(16)4-9(23-26)15(20,21)22)3-11(27)25-6-12(29-13(24)25)28-7-14(17,18)19/h3-4,6,13H,2,5,7H2,1H3. The molecule has 1 aromatic heterocycles. The zero-order chi connectivity index (χ0) is 21.6. The number of hydrogen-bond donors (Lipinski definition) is 0. The van der Waals surface area contributed by atoms with Crippen molar-refractivity contribution in [2.45, 2.75) is 31.3 Å². The topological polar surface area (TPSA) is 50.6 Å². The van der Waals surface area contributed by atoms with E-state index >= 15 is 0 Å². The van der Waals surface area contributed by atoms with Crippen LogP contribution in [0.1, 0.15) is 12.6 Å². The summed E-state index contributed by atoms with van der Waals surface area (Å²) in [5.74, 6) is -0.549. The first-order valence-corrected chi connectivity index (χ1v) is 9.33. The van der Waals surface area contributed by atoms with Crippen LogP contribution in [0.4, 0.5) is 26.3 Å². The van der Waals surface area contributed by atoms with Gasteiger partial charge < -0.3 is 9.64 Å². The summed E-state index contributed by atoms with van der Waals surface area (Å²) in [4.78, 5) is 15.2. The van der Waals surface area contributed by atoms with Crippen LogP contribution in [-0.2, 0) is 22.3 Å². The van der Waals surface area contributed by atoms with Gasteiger partial charge in [0.2, 0.25) is 0 Å². The lowest BCUT2D eigenvalue weighted by Gasteiger charge is -2.39. The summed E-state index contributed by atoms with van der Waals surface area (Å²) in [5.41, 5.74) is -1.59. The molecule has 2 aliphatic heterocycles. The van der Waals surface area contributed by atoms with Crippen molar-refractivity contribution in [3.05, 3.63) is 40.0 Å². The van der Waals surface area contributed by atoms with Gasteiger partial charge in [0.1, 0.15) is 5.15 Å². The average Bonchev–Trinajstić information content (AvgIpc) is 3.17. The van der Waals surface area contributed by atoms with Crippen LogP contribution in [0.2, 0.25) is 5.15 Å². The largest absolute Gasteiger partial charge is 0.476 e. The number of nitrogens with zero attached hydrogens (tertiary/aromatic N) is 4. The lowest BCUT2D eigenvalue weighted by atomic mass is 10.2. The van der Waals surface area contributed by atoms with Gasteiger partial charge in [0.15, 0.2) is 22.9 Å². The fraction of sp³-hybridized carbons (Fsp3) is 0.467. The maximum atomic E-state index is 12.8. The van der Waals surface area contributed by atoms with Crippen molar-refractivity contribution in [2.75, 3.05) is 13.2 Å². The minimum Gasteiger partial charge on any atom is -0.476 e. The van der Waals surface area contributed by atoms with E-state index in [9.17, 15) is 31.1 Å². The predicted molar refractivity (Wildman–Crippen MR) is 91.0 cm³/mol.